The molecule has 1 aromatic carbocycles. The zero-order valence-electron chi connectivity index (χ0n) is 10.5. The summed E-state index contributed by atoms with van der Waals surface area (Å²) in [5, 5.41) is 15.1. The highest BCUT2D eigenvalue weighted by molar-refractivity contribution is 6.08. The average Bonchev–Trinajstić information content (AvgIpc) is 2.65. The second-order valence-corrected chi connectivity index (χ2v) is 4.78. The van der Waals surface area contributed by atoms with E-state index in [1.165, 1.54) is 12.1 Å². The molecule has 0 radical (unpaired) electrons. The quantitative estimate of drug-likeness (QED) is 0.811. The fourth-order valence-electron chi connectivity index (χ4n) is 2.13. The summed E-state index contributed by atoms with van der Waals surface area (Å²) < 4.78 is 37.5. The van der Waals surface area contributed by atoms with Gasteiger partial charge in [-0.2, -0.15) is 23.8 Å². The molecule has 7 heteroatoms. The molecule has 1 atom stereocenters. The van der Waals surface area contributed by atoms with Gasteiger partial charge in [-0.15, -0.1) is 0 Å². The first-order valence-corrected chi connectivity index (χ1v) is 5.65. The zero-order chi connectivity index (χ0) is 14.3. The third kappa shape index (κ3) is 2.57. The SMILES string of the molecule is CN1CC(C)(NO)C(c2ccc(C(F)(F)F)cc2)=N1. The molecule has 4 nitrogen and oxygen atoms in total. The third-order valence-corrected chi connectivity index (χ3v) is 3.07. The fraction of sp³-hybridized carbons (Fsp3) is 0.417. The van der Waals surface area contributed by atoms with Crippen molar-refractivity contribution in [3.05, 3.63) is 35.4 Å². The molecular formula is C12H14F3N3O. The van der Waals surface area contributed by atoms with Crippen molar-refractivity contribution >= 4 is 5.71 Å². The van der Waals surface area contributed by atoms with Crippen molar-refractivity contribution in [3.8, 4) is 0 Å². The molecule has 0 spiro atoms. The molecular weight excluding hydrogens is 259 g/mol. The Morgan fingerprint density at radius 3 is 2.37 bits per heavy atom. The van der Waals surface area contributed by atoms with Crippen molar-refractivity contribution in [2.75, 3.05) is 13.6 Å². The smallest absolute Gasteiger partial charge is 0.316 e. The highest BCUT2D eigenvalue weighted by Gasteiger charge is 2.38. The second-order valence-electron chi connectivity index (χ2n) is 4.78. The number of nitrogens with one attached hydrogen (secondary N) is 1. The highest BCUT2D eigenvalue weighted by Crippen LogP contribution is 2.30. The molecule has 104 valence electrons. The van der Waals surface area contributed by atoms with Gasteiger partial charge in [-0.25, -0.2) is 0 Å². The lowest BCUT2D eigenvalue weighted by Crippen LogP contribution is -2.50. The van der Waals surface area contributed by atoms with Gasteiger partial charge < -0.3 is 5.21 Å². The molecule has 1 aromatic rings. The summed E-state index contributed by atoms with van der Waals surface area (Å²) in [5.74, 6) is 0. The van der Waals surface area contributed by atoms with Crippen LogP contribution in [-0.2, 0) is 6.18 Å². The summed E-state index contributed by atoms with van der Waals surface area (Å²) in [6.45, 7) is 2.16. The summed E-state index contributed by atoms with van der Waals surface area (Å²) in [7, 11) is 1.73. The van der Waals surface area contributed by atoms with Gasteiger partial charge in [0.2, 0.25) is 0 Å². The van der Waals surface area contributed by atoms with E-state index >= 15 is 0 Å². The average molecular weight is 273 g/mol. The maximum absolute atomic E-state index is 12.5. The molecule has 1 unspecified atom stereocenters. The number of hydrogen-bond acceptors (Lipinski definition) is 4. The number of hydroxylamine groups is 1. The maximum Gasteiger partial charge on any atom is 0.416 e. The Hall–Kier alpha value is -1.60. The van der Waals surface area contributed by atoms with Gasteiger partial charge in [0, 0.05) is 7.05 Å². The molecule has 0 fully saturated rings. The number of alkyl halides is 3. The molecule has 0 aliphatic carbocycles. The van der Waals surface area contributed by atoms with E-state index in [2.05, 4.69) is 10.6 Å². The summed E-state index contributed by atoms with van der Waals surface area (Å²) in [6, 6.07) is 4.73. The highest BCUT2D eigenvalue weighted by atomic mass is 19.4. The summed E-state index contributed by atoms with van der Waals surface area (Å²) in [6.07, 6.45) is -4.36. The molecule has 19 heavy (non-hydrogen) atoms. The lowest BCUT2D eigenvalue weighted by atomic mass is 9.91. The Morgan fingerprint density at radius 2 is 1.89 bits per heavy atom. The number of nitrogens with zero attached hydrogens (tertiary/aromatic N) is 2. The number of rotatable bonds is 2. The van der Waals surface area contributed by atoms with E-state index < -0.39 is 17.3 Å². The van der Waals surface area contributed by atoms with Crippen molar-refractivity contribution < 1.29 is 18.4 Å². The van der Waals surface area contributed by atoms with Crippen LogP contribution in [0.4, 0.5) is 13.2 Å². The molecule has 0 saturated carbocycles. The van der Waals surface area contributed by atoms with Crippen LogP contribution in [0.5, 0.6) is 0 Å². The van der Waals surface area contributed by atoms with Crippen molar-refractivity contribution in [2.45, 2.75) is 18.6 Å². The summed E-state index contributed by atoms with van der Waals surface area (Å²) >= 11 is 0. The molecule has 0 bridgehead atoms. The molecule has 0 amide bonds. The first kappa shape index (κ1) is 13.8. The number of hydrogen-bond donors (Lipinski definition) is 2. The van der Waals surface area contributed by atoms with Gasteiger partial charge in [-0.3, -0.25) is 5.01 Å². The Bertz CT molecular complexity index is 498. The van der Waals surface area contributed by atoms with Crippen LogP contribution in [-0.4, -0.2) is 35.1 Å². The maximum atomic E-state index is 12.5. The lowest BCUT2D eigenvalue weighted by molar-refractivity contribution is -0.137. The molecule has 0 aromatic heterocycles. The second kappa shape index (κ2) is 4.50. The van der Waals surface area contributed by atoms with Gasteiger partial charge >= 0.3 is 6.18 Å². The van der Waals surface area contributed by atoms with E-state index in [0.717, 1.165) is 12.1 Å². The van der Waals surface area contributed by atoms with E-state index in [9.17, 15) is 18.4 Å². The number of likely N-dealkylation sites (N-methyl/N-ethyl adjacent to an activating group) is 1. The lowest BCUT2D eigenvalue weighted by Gasteiger charge is -2.23. The van der Waals surface area contributed by atoms with Gasteiger partial charge in [-0.05, 0) is 24.6 Å². The van der Waals surface area contributed by atoms with Crippen LogP contribution in [0.2, 0.25) is 0 Å². The van der Waals surface area contributed by atoms with Crippen LogP contribution in [0.15, 0.2) is 29.4 Å². The van der Waals surface area contributed by atoms with E-state index in [4.69, 9.17) is 0 Å². The minimum absolute atomic E-state index is 0.430. The molecule has 1 aliphatic rings. The Morgan fingerprint density at radius 1 is 1.32 bits per heavy atom. The minimum atomic E-state index is -4.36. The van der Waals surface area contributed by atoms with Crippen LogP contribution in [0.1, 0.15) is 18.1 Å². The molecule has 2 N–H and O–H groups in total. The standard InChI is InChI=1S/C12H14F3N3O/c1-11(17-19)7-18(2)16-10(11)8-3-5-9(6-4-8)12(13,14)15/h3-6,17,19H,7H2,1-2H3. The van der Waals surface area contributed by atoms with Gasteiger partial charge in [0.05, 0.1) is 17.8 Å². The molecule has 0 saturated heterocycles. The van der Waals surface area contributed by atoms with Crippen LogP contribution in [0.25, 0.3) is 0 Å². The van der Waals surface area contributed by atoms with Gasteiger partial charge in [0.1, 0.15) is 5.54 Å². The predicted molar refractivity (Wildman–Crippen MR) is 63.9 cm³/mol. The topological polar surface area (TPSA) is 47.9 Å². The van der Waals surface area contributed by atoms with E-state index in [1.807, 2.05) is 0 Å². The predicted octanol–water partition coefficient (Wildman–Crippen LogP) is 2.09. The van der Waals surface area contributed by atoms with E-state index in [0.29, 0.717) is 17.8 Å². The molecule has 2 rings (SSSR count). The van der Waals surface area contributed by atoms with Crippen LogP contribution >= 0.6 is 0 Å². The normalized spacial score (nSPS) is 23.7. The third-order valence-electron chi connectivity index (χ3n) is 3.07. The van der Waals surface area contributed by atoms with Gasteiger partial charge in [-0.1, -0.05) is 12.1 Å². The number of hydrazone groups is 1. The Balaban J connectivity index is 2.35. The summed E-state index contributed by atoms with van der Waals surface area (Å²) in [4.78, 5) is 0. The first-order valence-electron chi connectivity index (χ1n) is 5.65. The first-order chi connectivity index (χ1) is 8.76. The summed E-state index contributed by atoms with van der Waals surface area (Å²) in [5.41, 5.74) is 1.71. The zero-order valence-corrected chi connectivity index (χ0v) is 10.5. The van der Waals surface area contributed by atoms with Crippen molar-refractivity contribution in [1.82, 2.24) is 10.5 Å². The molecule has 1 heterocycles. The Labute approximate surface area is 108 Å². The van der Waals surface area contributed by atoms with Gasteiger partial charge in [0.15, 0.2) is 0 Å². The van der Waals surface area contributed by atoms with Crippen molar-refractivity contribution in [2.24, 2.45) is 5.10 Å². The van der Waals surface area contributed by atoms with Gasteiger partial charge in [0.25, 0.3) is 0 Å². The van der Waals surface area contributed by atoms with Crippen molar-refractivity contribution in [1.29, 1.82) is 0 Å². The van der Waals surface area contributed by atoms with E-state index in [-0.39, 0.29) is 0 Å². The van der Waals surface area contributed by atoms with Crippen LogP contribution < -0.4 is 5.48 Å². The van der Waals surface area contributed by atoms with Crippen LogP contribution in [0, 0.1) is 0 Å². The Kier molecular flexibility index (Phi) is 3.27. The fourth-order valence-corrected chi connectivity index (χ4v) is 2.13. The number of halogens is 3. The number of benzene rings is 1. The largest absolute Gasteiger partial charge is 0.416 e. The van der Waals surface area contributed by atoms with Crippen molar-refractivity contribution in [3.63, 3.8) is 0 Å². The molecule has 1 aliphatic heterocycles. The van der Waals surface area contributed by atoms with E-state index in [1.54, 1.807) is 19.0 Å². The monoisotopic (exact) mass is 273 g/mol. The van der Waals surface area contributed by atoms with Crippen LogP contribution in [0.3, 0.4) is 0 Å². The minimum Gasteiger partial charge on any atom is -0.316 e.